The smallest absolute Gasteiger partial charge is 0.465 e. The van der Waals surface area contributed by atoms with Crippen LogP contribution in [0.3, 0.4) is 0 Å². The zero-order valence-corrected chi connectivity index (χ0v) is 15.4. The van der Waals surface area contributed by atoms with Crippen LogP contribution in [0.2, 0.25) is 0 Å². The van der Waals surface area contributed by atoms with Crippen LogP contribution in [0.4, 0.5) is 24.7 Å². The van der Waals surface area contributed by atoms with Crippen LogP contribution in [-0.4, -0.2) is 39.2 Å². The van der Waals surface area contributed by atoms with Gasteiger partial charge < -0.3 is 14.8 Å². The molecule has 152 valence electrons. The van der Waals surface area contributed by atoms with Crippen molar-refractivity contribution < 1.29 is 27.4 Å². The number of ether oxygens (including phenoxy) is 2. The number of aromatic nitrogens is 4. The molecule has 0 amide bonds. The van der Waals surface area contributed by atoms with Gasteiger partial charge in [-0.25, -0.2) is 19.4 Å². The second kappa shape index (κ2) is 8.17. The number of benzene rings is 1. The summed E-state index contributed by atoms with van der Waals surface area (Å²) in [5.74, 6) is -0.0317. The van der Waals surface area contributed by atoms with Gasteiger partial charge in [0.15, 0.2) is 5.82 Å². The fourth-order valence-corrected chi connectivity index (χ4v) is 2.61. The molecule has 29 heavy (non-hydrogen) atoms. The van der Waals surface area contributed by atoms with Crippen molar-refractivity contribution in [3.05, 3.63) is 54.1 Å². The topological polar surface area (TPSA) is 91.2 Å². The summed E-state index contributed by atoms with van der Waals surface area (Å²) >= 11 is 0. The number of esters is 1. The molecule has 3 aromatic rings. The van der Waals surface area contributed by atoms with Crippen molar-refractivity contribution in [1.82, 2.24) is 19.7 Å². The summed E-state index contributed by atoms with van der Waals surface area (Å²) in [6, 6.07) is 6.80. The molecular formula is C18H16F3N5O3. The lowest BCUT2D eigenvalue weighted by Crippen LogP contribution is -2.16. The third kappa shape index (κ3) is 4.81. The second-order valence-electron chi connectivity index (χ2n) is 5.72. The summed E-state index contributed by atoms with van der Waals surface area (Å²) in [6.45, 7) is 1.87. The zero-order valence-electron chi connectivity index (χ0n) is 15.4. The first-order chi connectivity index (χ1) is 13.8. The lowest BCUT2D eigenvalue weighted by Gasteiger charge is -2.11. The Kier molecular flexibility index (Phi) is 5.66. The molecule has 0 spiro atoms. The lowest BCUT2D eigenvalue weighted by atomic mass is 10.2. The number of nitrogens with one attached hydrogen (secondary N) is 1. The molecule has 1 N–H and O–H groups in total. The Bertz CT molecular complexity index is 1000. The first-order valence-electron chi connectivity index (χ1n) is 8.41. The molecule has 11 heteroatoms. The van der Waals surface area contributed by atoms with Gasteiger partial charge in [0.25, 0.3) is 0 Å². The maximum atomic E-state index is 12.2. The number of alkyl halides is 3. The fraction of sp³-hybridized carbons (Fsp3) is 0.222. The van der Waals surface area contributed by atoms with Crippen molar-refractivity contribution >= 4 is 17.5 Å². The molecule has 0 atom stereocenters. The van der Waals surface area contributed by atoms with Gasteiger partial charge in [-0.2, -0.15) is 5.10 Å². The van der Waals surface area contributed by atoms with E-state index in [4.69, 9.17) is 4.74 Å². The Morgan fingerprint density at radius 2 is 1.93 bits per heavy atom. The summed E-state index contributed by atoms with van der Waals surface area (Å²) in [5, 5.41) is 7.16. The molecule has 0 bridgehead atoms. The van der Waals surface area contributed by atoms with Crippen LogP contribution in [-0.2, 0) is 11.2 Å². The van der Waals surface area contributed by atoms with Crippen molar-refractivity contribution in [3.8, 4) is 11.6 Å². The molecule has 0 aliphatic heterocycles. The molecule has 2 aromatic heterocycles. The Morgan fingerprint density at radius 3 is 2.55 bits per heavy atom. The van der Waals surface area contributed by atoms with Crippen LogP contribution in [0.1, 0.15) is 23.0 Å². The predicted molar refractivity (Wildman–Crippen MR) is 96.3 cm³/mol. The average Bonchev–Trinajstić information content (AvgIpc) is 3.12. The summed E-state index contributed by atoms with van der Waals surface area (Å²) in [6.07, 6.45) is -1.53. The molecular weight excluding hydrogens is 391 g/mol. The van der Waals surface area contributed by atoms with Gasteiger partial charge in [-0.05, 0) is 30.7 Å². The Morgan fingerprint density at radius 1 is 1.21 bits per heavy atom. The van der Waals surface area contributed by atoms with Gasteiger partial charge in [0, 0.05) is 11.8 Å². The molecule has 8 nitrogen and oxygen atoms in total. The quantitative estimate of drug-likeness (QED) is 0.624. The molecule has 0 fully saturated rings. The van der Waals surface area contributed by atoms with Gasteiger partial charge in [0.05, 0.1) is 19.0 Å². The van der Waals surface area contributed by atoms with Crippen molar-refractivity contribution in [3.63, 3.8) is 0 Å². The number of carbonyl (C=O) groups excluding carboxylic acids is 1. The maximum absolute atomic E-state index is 12.2. The van der Waals surface area contributed by atoms with Crippen molar-refractivity contribution in [2.24, 2.45) is 0 Å². The number of hydrogen-bond acceptors (Lipinski definition) is 7. The van der Waals surface area contributed by atoms with Gasteiger partial charge in [0.1, 0.15) is 23.5 Å². The SMILES string of the molecule is CCc1c(C(=O)OC)cnn1-c1cc(Nc2ccc(OC(F)(F)F)cc2)ncn1. The predicted octanol–water partition coefficient (Wildman–Crippen LogP) is 3.65. The molecule has 0 unspecified atom stereocenters. The van der Waals surface area contributed by atoms with E-state index in [0.717, 1.165) is 0 Å². The van der Waals surface area contributed by atoms with Crippen LogP contribution in [0.5, 0.6) is 5.75 Å². The number of hydrogen-bond donors (Lipinski definition) is 1. The average molecular weight is 407 g/mol. The number of nitrogens with zero attached hydrogens (tertiary/aromatic N) is 4. The minimum atomic E-state index is -4.75. The second-order valence-corrected chi connectivity index (χ2v) is 5.72. The molecule has 1 aromatic carbocycles. The number of anilines is 2. The molecule has 0 saturated carbocycles. The van der Waals surface area contributed by atoms with Gasteiger partial charge in [-0.1, -0.05) is 6.92 Å². The molecule has 0 aliphatic carbocycles. The highest BCUT2D eigenvalue weighted by atomic mass is 19.4. The van der Waals surface area contributed by atoms with Gasteiger partial charge >= 0.3 is 12.3 Å². The highest BCUT2D eigenvalue weighted by Crippen LogP contribution is 2.25. The van der Waals surface area contributed by atoms with Gasteiger partial charge in [-0.3, -0.25) is 0 Å². The van der Waals surface area contributed by atoms with E-state index in [-0.39, 0.29) is 5.75 Å². The minimum absolute atomic E-state index is 0.328. The van der Waals surface area contributed by atoms with E-state index >= 15 is 0 Å². The number of halogens is 3. The normalized spacial score (nSPS) is 11.2. The Hall–Kier alpha value is -3.63. The van der Waals surface area contributed by atoms with E-state index in [9.17, 15) is 18.0 Å². The van der Waals surface area contributed by atoms with E-state index in [1.54, 1.807) is 6.07 Å². The summed E-state index contributed by atoms with van der Waals surface area (Å²) in [4.78, 5) is 20.1. The van der Waals surface area contributed by atoms with Crippen LogP contribution in [0.15, 0.2) is 42.9 Å². The van der Waals surface area contributed by atoms with Gasteiger partial charge in [0.2, 0.25) is 0 Å². The first kappa shape index (κ1) is 20.1. The maximum Gasteiger partial charge on any atom is 0.573 e. The summed E-state index contributed by atoms with van der Waals surface area (Å²) in [7, 11) is 1.29. The minimum Gasteiger partial charge on any atom is -0.465 e. The number of methoxy groups -OCH3 is 1. The number of carbonyl (C=O) groups is 1. The molecule has 3 rings (SSSR count). The lowest BCUT2D eigenvalue weighted by molar-refractivity contribution is -0.274. The third-order valence-electron chi connectivity index (χ3n) is 3.84. The third-order valence-corrected chi connectivity index (χ3v) is 3.84. The van der Waals surface area contributed by atoms with Crippen LogP contribution >= 0.6 is 0 Å². The van der Waals surface area contributed by atoms with E-state index in [1.807, 2.05) is 6.92 Å². The first-order valence-corrected chi connectivity index (χ1v) is 8.41. The van der Waals surface area contributed by atoms with Crippen LogP contribution in [0.25, 0.3) is 5.82 Å². The monoisotopic (exact) mass is 407 g/mol. The van der Waals surface area contributed by atoms with Crippen molar-refractivity contribution in [2.75, 3.05) is 12.4 Å². The summed E-state index contributed by atoms with van der Waals surface area (Å²) in [5.41, 5.74) is 1.45. The van der Waals surface area contributed by atoms with Gasteiger partial charge in [-0.15, -0.1) is 13.2 Å². The Balaban J connectivity index is 1.82. The molecule has 2 heterocycles. The summed E-state index contributed by atoms with van der Waals surface area (Å²) < 4.78 is 46.8. The van der Waals surface area contributed by atoms with E-state index < -0.39 is 12.3 Å². The standard InChI is InChI=1S/C18H16F3N5O3/c1-3-14-13(17(27)28-2)9-24-26(14)16-8-15(22-10-23-16)25-11-4-6-12(7-5-11)29-18(19,20)21/h4-10H,3H2,1-2H3,(H,22,23,25). The Labute approximate surface area is 163 Å². The van der Waals surface area contributed by atoms with Crippen molar-refractivity contribution in [1.29, 1.82) is 0 Å². The number of rotatable bonds is 6. The highest BCUT2D eigenvalue weighted by molar-refractivity contribution is 5.90. The fourth-order valence-electron chi connectivity index (χ4n) is 2.61. The van der Waals surface area contributed by atoms with E-state index in [2.05, 4.69) is 25.1 Å². The van der Waals surface area contributed by atoms with Crippen LogP contribution < -0.4 is 10.1 Å². The largest absolute Gasteiger partial charge is 0.573 e. The van der Waals surface area contributed by atoms with Crippen molar-refractivity contribution in [2.45, 2.75) is 19.7 Å². The highest BCUT2D eigenvalue weighted by Gasteiger charge is 2.30. The molecule has 0 radical (unpaired) electrons. The van der Waals surface area contributed by atoms with E-state index in [1.165, 1.54) is 48.6 Å². The molecule has 0 aliphatic rings. The molecule has 0 saturated heterocycles. The zero-order chi connectivity index (χ0) is 21.0. The van der Waals surface area contributed by atoms with Crippen LogP contribution in [0, 0.1) is 0 Å². The van der Waals surface area contributed by atoms with E-state index in [0.29, 0.717) is 35.0 Å².